The normalized spacial score (nSPS) is 14.8. The second-order valence-corrected chi connectivity index (χ2v) is 14.1. The van der Waals surface area contributed by atoms with Gasteiger partial charge in [0.05, 0.1) is 28.1 Å². The van der Waals surface area contributed by atoms with Crippen molar-refractivity contribution in [3.63, 3.8) is 0 Å². The molecule has 5 aromatic carbocycles. The largest absolute Gasteiger partial charge is 0.308 e. The van der Waals surface area contributed by atoms with Gasteiger partial charge in [0.25, 0.3) is 0 Å². The first kappa shape index (κ1) is 25.3. The summed E-state index contributed by atoms with van der Waals surface area (Å²) in [5, 5.41) is 5.36. The first-order valence-electron chi connectivity index (χ1n) is 15.9. The minimum atomic E-state index is -0.0607. The maximum atomic E-state index is 5.22. The first-order valence-corrected chi connectivity index (χ1v) is 16.7. The van der Waals surface area contributed by atoms with Gasteiger partial charge in [-0.2, -0.15) is 0 Å². The molecular weight excluding hydrogens is 565 g/mol. The van der Waals surface area contributed by atoms with Crippen LogP contribution < -0.4 is 0 Å². The summed E-state index contributed by atoms with van der Waals surface area (Å²) in [6, 6.07) is 40.5. The van der Waals surface area contributed by atoms with E-state index in [1.807, 2.05) is 11.3 Å². The van der Waals surface area contributed by atoms with Crippen LogP contribution in [0.4, 0.5) is 0 Å². The molecule has 0 atom stereocenters. The summed E-state index contributed by atoms with van der Waals surface area (Å²) in [5.74, 6) is 0. The number of nitrogens with zero attached hydrogens (tertiary/aromatic N) is 2. The van der Waals surface area contributed by atoms with Crippen molar-refractivity contribution in [2.75, 3.05) is 0 Å². The molecule has 0 unspecified atom stereocenters. The fourth-order valence-electron chi connectivity index (χ4n) is 8.20. The van der Waals surface area contributed by atoms with Gasteiger partial charge < -0.3 is 4.57 Å². The Kier molecular flexibility index (Phi) is 5.09. The maximum Gasteiger partial charge on any atom is 0.0730 e. The van der Waals surface area contributed by atoms with Crippen molar-refractivity contribution >= 4 is 59.4 Å². The van der Waals surface area contributed by atoms with E-state index in [1.54, 1.807) is 0 Å². The van der Waals surface area contributed by atoms with Crippen molar-refractivity contribution in [3.05, 3.63) is 138 Å². The fraction of sp³-hybridized carbons (Fsp3) is 0.119. The standard InChI is InChI=1S/C42H30N2S/c1-42(2)30-17-9-6-14-26(30)38-31(42)21-22-34-39(38)29-20-23-37-40(28-16-8-11-19-36(28)45-37)41(29)44(34)35-24-33(25-12-4-3-5-13-25)43-32-18-10-7-15-27(32)35/h3-6,8-14,16-24H,7,15H2,1-2H3. The molecule has 8 aromatic rings. The molecule has 0 bridgehead atoms. The van der Waals surface area contributed by atoms with E-state index in [1.165, 1.54) is 75.5 Å². The molecule has 0 aliphatic heterocycles. The van der Waals surface area contributed by atoms with E-state index in [-0.39, 0.29) is 5.41 Å². The molecule has 0 amide bonds. The number of hydrogen-bond donors (Lipinski definition) is 0. The number of pyridine rings is 1. The molecule has 45 heavy (non-hydrogen) atoms. The van der Waals surface area contributed by atoms with Gasteiger partial charge >= 0.3 is 0 Å². The van der Waals surface area contributed by atoms with Crippen LogP contribution in [0.25, 0.3) is 76.1 Å². The highest BCUT2D eigenvalue weighted by Gasteiger charge is 2.37. The second-order valence-electron chi connectivity index (χ2n) is 13.0. The average molecular weight is 595 g/mol. The van der Waals surface area contributed by atoms with Crippen LogP contribution in [0.2, 0.25) is 0 Å². The molecule has 0 saturated carbocycles. The monoisotopic (exact) mass is 594 g/mol. The van der Waals surface area contributed by atoms with Crippen LogP contribution >= 0.6 is 11.3 Å². The van der Waals surface area contributed by atoms with Crippen molar-refractivity contribution in [2.45, 2.75) is 32.1 Å². The third-order valence-electron chi connectivity index (χ3n) is 10.3. The molecular formula is C42H30N2S. The van der Waals surface area contributed by atoms with Crippen LogP contribution in [0.5, 0.6) is 0 Å². The molecule has 214 valence electrons. The molecule has 2 aliphatic rings. The molecule has 3 heteroatoms. The summed E-state index contributed by atoms with van der Waals surface area (Å²) in [6.45, 7) is 4.76. The van der Waals surface area contributed by atoms with Crippen LogP contribution in [0.3, 0.4) is 0 Å². The van der Waals surface area contributed by atoms with Crippen molar-refractivity contribution in [2.24, 2.45) is 0 Å². The Labute approximate surface area is 265 Å². The van der Waals surface area contributed by atoms with Crippen molar-refractivity contribution in [3.8, 4) is 28.1 Å². The Balaban J connectivity index is 1.44. The number of fused-ring (bicyclic) bond motifs is 12. The average Bonchev–Trinajstić information content (AvgIpc) is 3.70. The molecule has 2 nitrogen and oxygen atoms in total. The fourth-order valence-corrected chi connectivity index (χ4v) is 9.30. The van der Waals surface area contributed by atoms with E-state index in [0.717, 1.165) is 29.8 Å². The van der Waals surface area contributed by atoms with E-state index < -0.39 is 0 Å². The lowest BCUT2D eigenvalue weighted by Crippen LogP contribution is -2.14. The molecule has 3 heterocycles. The predicted octanol–water partition coefficient (Wildman–Crippen LogP) is 11.5. The molecule has 10 rings (SSSR count). The van der Waals surface area contributed by atoms with Crippen LogP contribution in [0.1, 0.15) is 42.7 Å². The lowest BCUT2D eigenvalue weighted by Gasteiger charge is -2.22. The number of benzene rings is 5. The van der Waals surface area contributed by atoms with Gasteiger partial charge in [-0.15, -0.1) is 11.3 Å². The Hall–Kier alpha value is -4.99. The number of aromatic nitrogens is 2. The van der Waals surface area contributed by atoms with Gasteiger partial charge in [0.1, 0.15) is 0 Å². The van der Waals surface area contributed by atoms with Gasteiger partial charge in [-0.1, -0.05) is 105 Å². The summed E-state index contributed by atoms with van der Waals surface area (Å²) >= 11 is 1.90. The van der Waals surface area contributed by atoms with Gasteiger partial charge in [0, 0.05) is 47.5 Å². The minimum absolute atomic E-state index is 0.0607. The zero-order chi connectivity index (χ0) is 29.9. The van der Waals surface area contributed by atoms with E-state index >= 15 is 0 Å². The second kappa shape index (κ2) is 9.03. The van der Waals surface area contributed by atoms with Crippen molar-refractivity contribution in [1.82, 2.24) is 9.55 Å². The summed E-state index contributed by atoms with van der Waals surface area (Å²) in [4.78, 5) is 5.22. The summed E-state index contributed by atoms with van der Waals surface area (Å²) in [7, 11) is 0. The third kappa shape index (κ3) is 3.37. The third-order valence-corrected chi connectivity index (χ3v) is 11.4. The Morgan fingerprint density at radius 2 is 1.56 bits per heavy atom. The smallest absolute Gasteiger partial charge is 0.0730 e. The number of rotatable bonds is 2. The van der Waals surface area contributed by atoms with Crippen LogP contribution in [-0.4, -0.2) is 9.55 Å². The Morgan fingerprint density at radius 1 is 0.733 bits per heavy atom. The highest BCUT2D eigenvalue weighted by atomic mass is 32.1. The predicted molar refractivity (Wildman–Crippen MR) is 192 cm³/mol. The molecule has 3 aromatic heterocycles. The van der Waals surface area contributed by atoms with Crippen LogP contribution in [-0.2, 0) is 11.8 Å². The van der Waals surface area contributed by atoms with Gasteiger partial charge in [-0.3, -0.25) is 0 Å². The zero-order valence-electron chi connectivity index (χ0n) is 25.3. The first-order chi connectivity index (χ1) is 22.1. The maximum absolute atomic E-state index is 5.22. The molecule has 0 radical (unpaired) electrons. The summed E-state index contributed by atoms with van der Waals surface area (Å²) in [5.41, 5.74) is 13.9. The molecule has 0 saturated heterocycles. The van der Waals surface area contributed by atoms with Crippen molar-refractivity contribution in [1.29, 1.82) is 0 Å². The van der Waals surface area contributed by atoms with E-state index in [9.17, 15) is 0 Å². The number of thiophene rings is 1. The zero-order valence-corrected chi connectivity index (χ0v) is 26.1. The SMILES string of the molecule is CC1(C)c2ccccc2-c2c1ccc1c2c2ccc3sc4ccccc4c3c2n1-c1cc(-c2ccccc2)nc2c1CCC=C2. The topological polar surface area (TPSA) is 17.8 Å². The summed E-state index contributed by atoms with van der Waals surface area (Å²) in [6.07, 6.45) is 6.51. The molecule has 0 fully saturated rings. The summed E-state index contributed by atoms with van der Waals surface area (Å²) < 4.78 is 5.27. The highest BCUT2D eigenvalue weighted by Crippen LogP contribution is 2.54. The Bertz CT molecular complexity index is 2560. The van der Waals surface area contributed by atoms with E-state index in [2.05, 4.69) is 140 Å². The Morgan fingerprint density at radius 3 is 2.47 bits per heavy atom. The quantitative estimate of drug-likeness (QED) is 0.195. The van der Waals surface area contributed by atoms with Gasteiger partial charge in [-0.05, 0) is 65.4 Å². The number of hydrogen-bond acceptors (Lipinski definition) is 2. The minimum Gasteiger partial charge on any atom is -0.308 e. The lowest BCUT2D eigenvalue weighted by molar-refractivity contribution is 0.661. The van der Waals surface area contributed by atoms with Gasteiger partial charge in [-0.25, -0.2) is 4.98 Å². The van der Waals surface area contributed by atoms with Crippen LogP contribution in [0.15, 0.2) is 115 Å². The van der Waals surface area contributed by atoms with Crippen molar-refractivity contribution < 1.29 is 0 Å². The number of allylic oxidation sites excluding steroid dienone is 1. The molecule has 0 spiro atoms. The van der Waals surface area contributed by atoms with E-state index in [4.69, 9.17) is 4.98 Å². The van der Waals surface area contributed by atoms with E-state index in [0.29, 0.717) is 0 Å². The van der Waals surface area contributed by atoms with Crippen LogP contribution in [0, 0.1) is 0 Å². The lowest BCUT2D eigenvalue weighted by atomic mass is 9.82. The highest BCUT2D eigenvalue weighted by molar-refractivity contribution is 7.26. The van der Waals surface area contributed by atoms with Gasteiger partial charge in [0.15, 0.2) is 0 Å². The molecule has 0 N–H and O–H groups in total. The molecule has 2 aliphatic carbocycles. The van der Waals surface area contributed by atoms with Gasteiger partial charge in [0.2, 0.25) is 0 Å².